The van der Waals surface area contributed by atoms with Crippen LogP contribution in [0.15, 0.2) is 0 Å². The maximum atomic E-state index is 12.5. The van der Waals surface area contributed by atoms with Crippen LogP contribution in [0.5, 0.6) is 0 Å². The third-order valence-electron chi connectivity index (χ3n) is 6.42. The summed E-state index contributed by atoms with van der Waals surface area (Å²) in [5, 5.41) is 0. The lowest BCUT2D eigenvalue weighted by molar-refractivity contribution is -0.954. The van der Waals surface area contributed by atoms with E-state index in [1.807, 2.05) is 0 Å². The van der Waals surface area contributed by atoms with Gasteiger partial charge in [0, 0.05) is 12.8 Å². The Bertz CT molecular complexity index is 406. The molecule has 6 atom stereocenters. The fourth-order valence-corrected chi connectivity index (χ4v) is 4.96. The number of ether oxygens (including phenoxy) is 2. The van der Waals surface area contributed by atoms with E-state index in [4.69, 9.17) is 9.47 Å². The minimum atomic E-state index is 0. The highest BCUT2D eigenvalue weighted by atomic mass is 79.9. The van der Waals surface area contributed by atoms with Crippen molar-refractivity contribution in [2.45, 2.75) is 89.7 Å². The van der Waals surface area contributed by atoms with Crippen molar-refractivity contribution < 1.29 is 35.7 Å². The van der Waals surface area contributed by atoms with Gasteiger partial charge in [-0.1, -0.05) is 26.7 Å². The van der Waals surface area contributed by atoms with Crippen molar-refractivity contribution in [3.63, 3.8) is 0 Å². The number of halogens is 1. The molecule has 0 aromatic carbocycles. The highest BCUT2D eigenvalue weighted by Crippen LogP contribution is 2.52. The zero-order valence-corrected chi connectivity index (χ0v) is 16.5. The maximum Gasteiger partial charge on any atom is 0.309 e. The second-order valence-electron chi connectivity index (χ2n) is 7.67. The van der Waals surface area contributed by atoms with Gasteiger partial charge in [0.2, 0.25) is 0 Å². The Morgan fingerprint density at radius 2 is 1.65 bits per heavy atom. The second kappa shape index (κ2) is 7.40. The summed E-state index contributed by atoms with van der Waals surface area (Å²) >= 11 is 0. The first kappa shape index (κ1) is 19.2. The second-order valence-corrected chi connectivity index (χ2v) is 7.67. The molecule has 2 bridgehead atoms. The number of hydrogen-bond acceptors (Lipinski definition) is 3. The van der Waals surface area contributed by atoms with E-state index in [2.05, 4.69) is 27.8 Å². The van der Waals surface area contributed by atoms with Crippen LogP contribution in [0.25, 0.3) is 0 Å². The van der Waals surface area contributed by atoms with Gasteiger partial charge in [-0.25, -0.2) is 0 Å². The van der Waals surface area contributed by atoms with E-state index in [-0.39, 0.29) is 35.0 Å². The van der Waals surface area contributed by atoms with Crippen LogP contribution < -0.4 is 17.0 Å². The van der Waals surface area contributed by atoms with Crippen LogP contribution in [0.2, 0.25) is 0 Å². The molecule has 0 N–H and O–H groups in total. The molecule has 0 saturated carbocycles. The van der Waals surface area contributed by atoms with Crippen molar-refractivity contribution >= 4 is 5.97 Å². The van der Waals surface area contributed by atoms with Crippen LogP contribution in [-0.2, 0) is 14.3 Å². The van der Waals surface area contributed by atoms with Gasteiger partial charge in [-0.05, 0) is 19.8 Å². The monoisotopic (exact) mass is 389 g/mol. The molecule has 0 radical (unpaired) electrons. The fourth-order valence-electron chi connectivity index (χ4n) is 4.96. The Morgan fingerprint density at radius 1 is 1.13 bits per heavy atom. The molecule has 0 spiro atoms. The molecule has 3 aliphatic rings. The molecule has 3 heterocycles. The Kier molecular flexibility index (Phi) is 6.18. The summed E-state index contributed by atoms with van der Waals surface area (Å²) < 4.78 is 12.9. The van der Waals surface area contributed by atoms with Crippen molar-refractivity contribution in [3.8, 4) is 0 Å². The molecular weight excluding hydrogens is 358 g/mol. The number of nitrogens with zero attached hydrogens (tertiary/aromatic N) is 1. The predicted molar refractivity (Wildman–Crippen MR) is 85.4 cm³/mol. The van der Waals surface area contributed by atoms with Gasteiger partial charge in [-0.15, -0.1) is 0 Å². The fraction of sp³-hybridized carbons (Fsp3) is 0.944. The molecule has 134 valence electrons. The number of hydrogen-bond donors (Lipinski definition) is 0. The number of esters is 1. The molecular formula is C18H32BrNO3. The summed E-state index contributed by atoms with van der Waals surface area (Å²) in [6.45, 7) is 7.72. The van der Waals surface area contributed by atoms with Crippen molar-refractivity contribution in [2.24, 2.45) is 5.92 Å². The zero-order valence-electron chi connectivity index (χ0n) is 15.0. The highest BCUT2D eigenvalue weighted by Gasteiger charge is 2.71. The number of epoxide rings is 1. The summed E-state index contributed by atoms with van der Waals surface area (Å²) in [6.07, 6.45) is 6.98. The lowest BCUT2D eigenvalue weighted by atomic mass is 9.94. The quantitative estimate of drug-likeness (QED) is 0.346. The average molecular weight is 390 g/mol. The smallest absolute Gasteiger partial charge is 0.309 e. The Hall–Kier alpha value is -0.130. The standard InChI is InChI=1S/C18H32NO3.BrH/c1-5-8-12(9-6-2)18(20)21-13-10-14-16-17(22-16)15(11-13)19(14,4)7-3;/h12-17H,5-11H2,1-4H3;1H/q+1;/p-1/t13?,14-,15-,16-,17+,19?;/m0./s1. The molecule has 3 saturated heterocycles. The molecule has 5 heteroatoms. The van der Waals surface area contributed by atoms with E-state index in [0.29, 0.717) is 24.3 Å². The van der Waals surface area contributed by atoms with E-state index in [1.165, 1.54) is 0 Å². The molecule has 3 aliphatic heterocycles. The van der Waals surface area contributed by atoms with Crippen molar-refractivity contribution in [3.05, 3.63) is 0 Å². The number of quaternary nitrogens is 1. The SMILES string of the molecule is CCCC(CCC)C(=O)OC1C[C@H]2[C@@H]3O[C@@H]3[C@H](C1)[N+]2(C)CC.[Br-]. The van der Waals surface area contributed by atoms with Crippen LogP contribution >= 0.6 is 0 Å². The molecule has 0 aromatic heterocycles. The molecule has 2 unspecified atom stereocenters. The van der Waals surface area contributed by atoms with Gasteiger partial charge in [-0.2, -0.15) is 0 Å². The van der Waals surface area contributed by atoms with E-state index in [0.717, 1.165) is 49.6 Å². The molecule has 4 nitrogen and oxygen atoms in total. The molecule has 3 rings (SSSR count). The topological polar surface area (TPSA) is 38.8 Å². The van der Waals surface area contributed by atoms with Gasteiger partial charge in [0.25, 0.3) is 0 Å². The van der Waals surface area contributed by atoms with E-state index >= 15 is 0 Å². The normalized spacial score (nSPS) is 40.5. The summed E-state index contributed by atoms with van der Waals surface area (Å²) in [5.74, 6) is 0.155. The number of morpholine rings is 1. The third-order valence-corrected chi connectivity index (χ3v) is 6.42. The average Bonchev–Trinajstić information content (AvgIpc) is 3.25. The van der Waals surface area contributed by atoms with Crippen LogP contribution in [0.1, 0.15) is 59.3 Å². The number of rotatable bonds is 7. The van der Waals surface area contributed by atoms with E-state index < -0.39 is 0 Å². The highest BCUT2D eigenvalue weighted by molar-refractivity contribution is 5.72. The summed E-state index contributed by atoms with van der Waals surface area (Å²) in [7, 11) is 2.36. The number of fused-ring (bicyclic) bond motifs is 5. The summed E-state index contributed by atoms with van der Waals surface area (Å²) in [4.78, 5) is 12.5. The molecule has 0 aliphatic carbocycles. The molecule has 0 amide bonds. The van der Waals surface area contributed by atoms with E-state index in [1.54, 1.807) is 0 Å². The van der Waals surface area contributed by atoms with Gasteiger partial charge in [0.05, 0.1) is 19.5 Å². The third kappa shape index (κ3) is 3.34. The number of carbonyl (C=O) groups excluding carboxylic acids is 1. The molecule has 23 heavy (non-hydrogen) atoms. The molecule has 3 fully saturated rings. The van der Waals surface area contributed by atoms with Gasteiger partial charge in [0.1, 0.15) is 30.4 Å². The van der Waals surface area contributed by atoms with Gasteiger partial charge < -0.3 is 30.9 Å². The van der Waals surface area contributed by atoms with E-state index in [9.17, 15) is 4.79 Å². The summed E-state index contributed by atoms with van der Waals surface area (Å²) in [5.41, 5.74) is 0. The Morgan fingerprint density at radius 3 is 2.09 bits per heavy atom. The Labute approximate surface area is 151 Å². The van der Waals surface area contributed by atoms with Crippen LogP contribution in [0.3, 0.4) is 0 Å². The number of piperidine rings is 1. The number of carbonyl (C=O) groups is 1. The zero-order chi connectivity index (χ0) is 15.9. The first-order chi connectivity index (χ1) is 10.5. The first-order valence-corrected chi connectivity index (χ1v) is 9.25. The first-order valence-electron chi connectivity index (χ1n) is 9.25. The van der Waals surface area contributed by atoms with Crippen LogP contribution in [0.4, 0.5) is 0 Å². The minimum absolute atomic E-state index is 0. The predicted octanol–water partition coefficient (Wildman–Crippen LogP) is -0.103. The van der Waals surface area contributed by atoms with Crippen LogP contribution in [0, 0.1) is 5.92 Å². The van der Waals surface area contributed by atoms with Crippen molar-refractivity contribution in [2.75, 3.05) is 13.6 Å². The Balaban J connectivity index is 0.00000192. The minimum Gasteiger partial charge on any atom is -1.00 e. The van der Waals surface area contributed by atoms with Crippen molar-refractivity contribution in [1.82, 2.24) is 0 Å². The summed E-state index contributed by atoms with van der Waals surface area (Å²) in [6, 6.07) is 1.06. The lowest BCUT2D eigenvalue weighted by Crippen LogP contribution is -3.00. The van der Waals surface area contributed by atoms with Gasteiger partial charge in [0.15, 0.2) is 0 Å². The van der Waals surface area contributed by atoms with Gasteiger partial charge in [-0.3, -0.25) is 4.79 Å². The van der Waals surface area contributed by atoms with Crippen molar-refractivity contribution in [1.29, 1.82) is 0 Å². The van der Waals surface area contributed by atoms with Gasteiger partial charge >= 0.3 is 5.97 Å². The molecule has 0 aromatic rings. The maximum absolute atomic E-state index is 12.5. The largest absolute Gasteiger partial charge is 1.00 e. The van der Waals surface area contributed by atoms with Crippen LogP contribution in [-0.4, -0.2) is 54.4 Å². The number of likely N-dealkylation sites (N-methyl/N-ethyl adjacent to an activating group) is 1. The lowest BCUT2D eigenvalue weighted by Gasteiger charge is -2.47.